The van der Waals surface area contributed by atoms with Crippen LogP contribution in [0.4, 0.5) is 4.79 Å². The van der Waals surface area contributed by atoms with Crippen molar-refractivity contribution >= 4 is 26.8 Å². The second kappa shape index (κ2) is 10.4. The Morgan fingerprint density at radius 3 is 2.20 bits per heavy atom. The van der Waals surface area contributed by atoms with E-state index in [9.17, 15) is 13.2 Å². The maximum atomic E-state index is 13.1. The molecule has 2 amide bonds. The maximum Gasteiger partial charge on any atom is 0.317 e. The topological polar surface area (TPSA) is 97.4 Å². The first kappa shape index (κ1) is 24.6. The molecule has 0 aliphatic carbocycles. The minimum Gasteiger partial charge on any atom is -0.497 e. The van der Waals surface area contributed by atoms with Gasteiger partial charge in [-0.1, -0.05) is 18.2 Å². The summed E-state index contributed by atoms with van der Waals surface area (Å²) in [5.74, 6) is 1.60. The summed E-state index contributed by atoms with van der Waals surface area (Å²) in [4.78, 5) is 14.5. The number of urea groups is 1. The molecule has 1 saturated heterocycles. The third kappa shape index (κ3) is 5.28. The van der Waals surface area contributed by atoms with E-state index in [0.29, 0.717) is 31.1 Å². The first-order chi connectivity index (χ1) is 16.8. The van der Waals surface area contributed by atoms with Gasteiger partial charge in [0.1, 0.15) is 5.75 Å². The lowest BCUT2D eigenvalue weighted by Crippen LogP contribution is -2.52. The number of nitrogens with zero attached hydrogens (tertiary/aromatic N) is 2. The fourth-order valence-corrected chi connectivity index (χ4v) is 5.50. The molecule has 1 aliphatic heterocycles. The highest BCUT2D eigenvalue weighted by molar-refractivity contribution is 7.89. The predicted octanol–water partition coefficient (Wildman–Crippen LogP) is 3.08. The summed E-state index contributed by atoms with van der Waals surface area (Å²) in [6, 6.07) is 16.1. The quantitative estimate of drug-likeness (QED) is 0.537. The van der Waals surface area contributed by atoms with Gasteiger partial charge in [-0.05, 0) is 46.7 Å². The van der Waals surface area contributed by atoms with Gasteiger partial charge in [0.2, 0.25) is 10.0 Å². The first-order valence-corrected chi connectivity index (χ1v) is 12.6. The van der Waals surface area contributed by atoms with Gasteiger partial charge in [-0.15, -0.1) is 0 Å². The Kier molecular flexibility index (Phi) is 7.32. The molecule has 3 aromatic carbocycles. The van der Waals surface area contributed by atoms with Crippen LogP contribution in [0.25, 0.3) is 10.8 Å². The maximum absolute atomic E-state index is 13.1. The van der Waals surface area contributed by atoms with Crippen molar-refractivity contribution in [2.24, 2.45) is 0 Å². The van der Waals surface area contributed by atoms with E-state index in [0.717, 1.165) is 22.1 Å². The van der Waals surface area contributed by atoms with Gasteiger partial charge in [0.15, 0.2) is 11.5 Å². The van der Waals surface area contributed by atoms with Gasteiger partial charge < -0.3 is 24.4 Å². The van der Waals surface area contributed by atoms with Crippen molar-refractivity contribution in [1.82, 2.24) is 14.5 Å². The molecule has 35 heavy (non-hydrogen) atoms. The Bertz CT molecular complexity index is 1320. The molecular formula is C25H29N3O6S. The van der Waals surface area contributed by atoms with Crippen LogP contribution in [0.1, 0.15) is 5.56 Å². The number of rotatable bonds is 7. The van der Waals surface area contributed by atoms with Gasteiger partial charge in [-0.25, -0.2) is 13.2 Å². The van der Waals surface area contributed by atoms with E-state index in [1.165, 1.54) is 30.7 Å². The van der Waals surface area contributed by atoms with E-state index in [-0.39, 0.29) is 24.0 Å². The fraction of sp³-hybridized carbons (Fsp3) is 0.320. The van der Waals surface area contributed by atoms with Gasteiger partial charge >= 0.3 is 6.03 Å². The van der Waals surface area contributed by atoms with Crippen LogP contribution < -0.4 is 19.5 Å². The molecule has 0 bridgehead atoms. The highest BCUT2D eigenvalue weighted by Gasteiger charge is 2.30. The molecule has 9 nitrogen and oxygen atoms in total. The Morgan fingerprint density at radius 2 is 1.51 bits per heavy atom. The minimum atomic E-state index is -3.72. The van der Waals surface area contributed by atoms with Crippen molar-refractivity contribution in [3.8, 4) is 17.2 Å². The molecule has 186 valence electrons. The average Bonchev–Trinajstić information content (AvgIpc) is 2.90. The van der Waals surface area contributed by atoms with Crippen LogP contribution in [0, 0.1) is 0 Å². The molecule has 0 spiro atoms. The van der Waals surface area contributed by atoms with E-state index in [4.69, 9.17) is 14.2 Å². The normalized spacial score (nSPS) is 14.5. The van der Waals surface area contributed by atoms with Gasteiger partial charge in [0.25, 0.3) is 0 Å². The molecular weight excluding hydrogens is 470 g/mol. The smallest absolute Gasteiger partial charge is 0.317 e. The zero-order valence-corrected chi connectivity index (χ0v) is 20.8. The summed E-state index contributed by atoms with van der Waals surface area (Å²) in [6.45, 7) is 1.40. The zero-order chi connectivity index (χ0) is 25.0. The van der Waals surface area contributed by atoms with Gasteiger partial charge in [0, 0.05) is 38.8 Å². The molecule has 1 N–H and O–H groups in total. The zero-order valence-electron chi connectivity index (χ0n) is 20.0. The van der Waals surface area contributed by atoms with E-state index >= 15 is 0 Å². The number of benzene rings is 3. The van der Waals surface area contributed by atoms with Gasteiger partial charge in [-0.2, -0.15) is 4.31 Å². The lowest BCUT2D eigenvalue weighted by Gasteiger charge is -2.34. The molecule has 0 atom stereocenters. The number of piperazine rings is 1. The number of hydrogen-bond donors (Lipinski definition) is 1. The summed E-state index contributed by atoms with van der Waals surface area (Å²) in [5, 5.41) is 5.06. The summed E-state index contributed by atoms with van der Waals surface area (Å²) in [7, 11) is 0.869. The predicted molar refractivity (Wildman–Crippen MR) is 133 cm³/mol. The number of amides is 2. The number of methoxy groups -OCH3 is 3. The van der Waals surface area contributed by atoms with Crippen molar-refractivity contribution in [2.75, 3.05) is 47.5 Å². The summed E-state index contributed by atoms with van der Waals surface area (Å²) >= 11 is 0. The molecule has 1 heterocycles. The van der Waals surface area contributed by atoms with Crippen LogP contribution in [0.5, 0.6) is 17.2 Å². The molecule has 0 radical (unpaired) electrons. The lowest BCUT2D eigenvalue weighted by atomic mass is 10.1. The Balaban J connectivity index is 1.34. The third-order valence-corrected chi connectivity index (χ3v) is 7.97. The molecule has 3 aromatic rings. The van der Waals surface area contributed by atoms with Crippen molar-refractivity contribution in [1.29, 1.82) is 0 Å². The number of fused-ring (bicyclic) bond motifs is 1. The standard InChI is InChI=1S/C25H29N3O6S/c1-32-21-7-6-19-14-18(4-5-20(19)15-21)17-26-25(29)27-10-12-28(13-11-27)35(30,31)22-8-9-23(33-2)24(16-22)34-3/h4-9,14-16H,10-13,17H2,1-3H3,(H,26,29). The van der Waals surface area contributed by atoms with Crippen LogP contribution in [-0.2, 0) is 16.6 Å². The van der Waals surface area contributed by atoms with Crippen LogP contribution in [0.2, 0.25) is 0 Å². The SMILES string of the molecule is COc1ccc2cc(CNC(=O)N3CCN(S(=O)(=O)c4ccc(OC)c(OC)c4)CC3)ccc2c1. The Labute approximate surface area is 205 Å². The number of nitrogens with one attached hydrogen (secondary N) is 1. The largest absolute Gasteiger partial charge is 0.497 e. The van der Waals surface area contributed by atoms with Crippen LogP contribution in [0.15, 0.2) is 59.5 Å². The molecule has 0 saturated carbocycles. The Morgan fingerprint density at radius 1 is 0.829 bits per heavy atom. The third-order valence-electron chi connectivity index (χ3n) is 6.07. The molecule has 1 aliphatic rings. The summed E-state index contributed by atoms with van der Waals surface area (Å²) < 4.78 is 43.2. The van der Waals surface area contributed by atoms with Gasteiger partial charge in [0.05, 0.1) is 26.2 Å². The molecule has 0 unspecified atom stereocenters. The Hall–Kier alpha value is -3.50. The van der Waals surface area contributed by atoms with Gasteiger partial charge in [-0.3, -0.25) is 0 Å². The number of sulfonamides is 1. The van der Waals surface area contributed by atoms with Crippen molar-refractivity contribution in [3.05, 3.63) is 60.2 Å². The summed E-state index contributed by atoms with van der Waals surface area (Å²) in [5.41, 5.74) is 0.977. The number of carbonyl (C=O) groups excluding carboxylic acids is 1. The molecule has 10 heteroatoms. The van der Waals surface area contributed by atoms with E-state index in [2.05, 4.69) is 5.32 Å². The molecule has 4 rings (SSSR count). The minimum absolute atomic E-state index is 0.127. The van der Waals surface area contributed by atoms with E-state index in [1.807, 2.05) is 36.4 Å². The van der Waals surface area contributed by atoms with E-state index < -0.39 is 10.0 Å². The lowest BCUT2D eigenvalue weighted by molar-refractivity contribution is 0.172. The van der Waals surface area contributed by atoms with Crippen LogP contribution in [-0.4, -0.2) is 71.2 Å². The first-order valence-electron chi connectivity index (χ1n) is 11.2. The summed E-state index contributed by atoms with van der Waals surface area (Å²) in [6.07, 6.45) is 0. The number of hydrogen-bond acceptors (Lipinski definition) is 6. The van der Waals surface area contributed by atoms with Crippen LogP contribution >= 0.6 is 0 Å². The fourth-order valence-electron chi connectivity index (χ4n) is 4.06. The monoisotopic (exact) mass is 499 g/mol. The van der Waals surface area contributed by atoms with Crippen molar-refractivity contribution in [3.63, 3.8) is 0 Å². The van der Waals surface area contributed by atoms with E-state index in [1.54, 1.807) is 18.1 Å². The second-order valence-electron chi connectivity index (χ2n) is 8.11. The van der Waals surface area contributed by atoms with Crippen molar-refractivity contribution < 1.29 is 27.4 Å². The highest BCUT2D eigenvalue weighted by Crippen LogP contribution is 2.31. The second-order valence-corrected chi connectivity index (χ2v) is 10.1. The number of ether oxygens (including phenoxy) is 3. The van der Waals surface area contributed by atoms with Crippen LogP contribution in [0.3, 0.4) is 0 Å². The highest BCUT2D eigenvalue weighted by atomic mass is 32.2. The van der Waals surface area contributed by atoms with Crippen molar-refractivity contribution in [2.45, 2.75) is 11.4 Å². The average molecular weight is 500 g/mol. The number of carbonyl (C=O) groups is 1. The molecule has 1 fully saturated rings. The molecule has 0 aromatic heterocycles.